The Bertz CT molecular complexity index is 312. The molecule has 0 fully saturated rings. The highest BCUT2D eigenvalue weighted by molar-refractivity contribution is 5.88. The molecule has 0 unspecified atom stereocenters. The van der Waals surface area contributed by atoms with Crippen LogP contribution in [0.1, 0.15) is 16.1 Å². The van der Waals surface area contributed by atoms with E-state index < -0.39 is 5.97 Å². The number of hydrogen-bond donors (Lipinski definition) is 3. The van der Waals surface area contributed by atoms with Crippen molar-refractivity contribution < 1.29 is 9.90 Å². The molecule has 0 atom stereocenters. The zero-order valence-corrected chi connectivity index (χ0v) is 6.19. The molecule has 0 aromatic carbocycles. The van der Waals surface area contributed by atoms with Gasteiger partial charge in [0.15, 0.2) is 5.69 Å². The summed E-state index contributed by atoms with van der Waals surface area (Å²) in [4.78, 5) is 17.7. The highest BCUT2D eigenvalue weighted by atomic mass is 16.4. The zero-order chi connectivity index (χ0) is 9.14. The minimum absolute atomic E-state index is 0.0221. The maximum absolute atomic E-state index is 10.5. The molecule has 0 aliphatic carbocycles. The van der Waals surface area contributed by atoms with Crippen molar-refractivity contribution >= 4 is 11.8 Å². The quantitative estimate of drug-likeness (QED) is 0.533. The summed E-state index contributed by atoms with van der Waals surface area (Å²) in [5.41, 5.74) is 10.8. The van der Waals surface area contributed by atoms with Crippen molar-refractivity contribution in [2.75, 3.05) is 5.73 Å². The van der Waals surface area contributed by atoms with Gasteiger partial charge in [-0.15, -0.1) is 0 Å². The van der Waals surface area contributed by atoms with Crippen molar-refractivity contribution in [3.05, 3.63) is 17.6 Å². The lowest BCUT2D eigenvalue weighted by atomic mass is 10.2. The minimum Gasteiger partial charge on any atom is -0.476 e. The van der Waals surface area contributed by atoms with Gasteiger partial charge in [0.1, 0.15) is 12.1 Å². The van der Waals surface area contributed by atoms with Gasteiger partial charge in [-0.05, 0) is 0 Å². The van der Waals surface area contributed by atoms with E-state index in [1.54, 1.807) is 0 Å². The summed E-state index contributed by atoms with van der Waals surface area (Å²) in [6.45, 7) is 0.0221. The first-order valence-electron chi connectivity index (χ1n) is 3.19. The van der Waals surface area contributed by atoms with Crippen LogP contribution in [0.4, 0.5) is 5.82 Å². The molecule has 1 heterocycles. The molecule has 0 radical (unpaired) electrons. The van der Waals surface area contributed by atoms with Crippen LogP contribution in [0.3, 0.4) is 0 Å². The van der Waals surface area contributed by atoms with Gasteiger partial charge in [0, 0.05) is 12.1 Å². The maximum Gasteiger partial charge on any atom is 0.355 e. The lowest BCUT2D eigenvalue weighted by molar-refractivity contribution is 0.0689. The van der Waals surface area contributed by atoms with E-state index in [9.17, 15) is 4.79 Å². The van der Waals surface area contributed by atoms with Crippen LogP contribution in [0.5, 0.6) is 0 Å². The van der Waals surface area contributed by atoms with Gasteiger partial charge in [0.05, 0.1) is 0 Å². The number of hydrogen-bond acceptors (Lipinski definition) is 5. The fraction of sp³-hybridized carbons (Fsp3) is 0.167. The average Bonchev–Trinajstić information content (AvgIpc) is 2.03. The molecule has 0 spiro atoms. The highest BCUT2D eigenvalue weighted by Crippen LogP contribution is 2.10. The van der Waals surface area contributed by atoms with Crippen LogP contribution < -0.4 is 11.5 Å². The van der Waals surface area contributed by atoms with Crippen molar-refractivity contribution in [1.29, 1.82) is 0 Å². The molecule has 64 valence electrons. The average molecular weight is 168 g/mol. The molecule has 6 nitrogen and oxygen atoms in total. The van der Waals surface area contributed by atoms with Crippen LogP contribution in [0, 0.1) is 0 Å². The molecule has 6 heteroatoms. The summed E-state index contributed by atoms with van der Waals surface area (Å²) in [6.07, 6.45) is 1.10. The van der Waals surface area contributed by atoms with Crippen LogP contribution in [-0.4, -0.2) is 21.0 Å². The second kappa shape index (κ2) is 3.14. The lowest BCUT2D eigenvalue weighted by Gasteiger charge is -2.03. The third-order valence-electron chi connectivity index (χ3n) is 1.39. The SMILES string of the molecule is NCc1c(N)ncnc1C(=O)O. The molecular weight excluding hydrogens is 160 g/mol. The zero-order valence-electron chi connectivity index (χ0n) is 6.19. The number of anilines is 1. The largest absolute Gasteiger partial charge is 0.476 e. The van der Waals surface area contributed by atoms with Crippen LogP contribution in [0.2, 0.25) is 0 Å². The first kappa shape index (κ1) is 8.41. The van der Waals surface area contributed by atoms with Gasteiger partial charge >= 0.3 is 5.97 Å². The summed E-state index contributed by atoms with van der Waals surface area (Å²) in [7, 11) is 0. The molecule has 0 bridgehead atoms. The Morgan fingerprint density at radius 1 is 1.58 bits per heavy atom. The fourth-order valence-electron chi connectivity index (χ4n) is 0.811. The maximum atomic E-state index is 10.5. The monoisotopic (exact) mass is 168 g/mol. The third-order valence-corrected chi connectivity index (χ3v) is 1.39. The molecule has 1 aromatic heterocycles. The van der Waals surface area contributed by atoms with Gasteiger partial charge in [0.2, 0.25) is 0 Å². The summed E-state index contributed by atoms with van der Waals surface area (Å²) < 4.78 is 0. The van der Waals surface area contributed by atoms with Crippen molar-refractivity contribution in [3.8, 4) is 0 Å². The Morgan fingerprint density at radius 3 is 2.67 bits per heavy atom. The molecule has 1 aromatic rings. The Hall–Kier alpha value is -1.69. The van der Waals surface area contributed by atoms with E-state index >= 15 is 0 Å². The van der Waals surface area contributed by atoms with Crippen LogP contribution >= 0.6 is 0 Å². The molecule has 0 saturated heterocycles. The minimum atomic E-state index is -1.15. The molecule has 5 N–H and O–H groups in total. The van der Waals surface area contributed by atoms with Gasteiger partial charge in [-0.2, -0.15) is 0 Å². The van der Waals surface area contributed by atoms with Gasteiger partial charge < -0.3 is 16.6 Å². The van der Waals surface area contributed by atoms with Crippen molar-refractivity contribution in [3.63, 3.8) is 0 Å². The van der Waals surface area contributed by atoms with Gasteiger partial charge in [-0.25, -0.2) is 14.8 Å². The molecule has 1 rings (SSSR count). The molecular formula is C6H8N4O2. The normalized spacial score (nSPS) is 9.75. The number of rotatable bonds is 2. The van der Waals surface area contributed by atoms with E-state index in [4.69, 9.17) is 16.6 Å². The van der Waals surface area contributed by atoms with E-state index in [0.29, 0.717) is 0 Å². The Labute approximate surface area is 68.2 Å². The second-order valence-corrected chi connectivity index (χ2v) is 2.10. The van der Waals surface area contributed by atoms with Gasteiger partial charge in [-0.1, -0.05) is 0 Å². The molecule has 0 amide bonds. The van der Waals surface area contributed by atoms with Gasteiger partial charge in [0.25, 0.3) is 0 Å². The smallest absolute Gasteiger partial charge is 0.355 e. The molecule has 12 heavy (non-hydrogen) atoms. The molecule has 0 saturated carbocycles. The number of nitrogen functional groups attached to an aromatic ring is 1. The van der Waals surface area contributed by atoms with E-state index in [1.165, 1.54) is 0 Å². The van der Waals surface area contributed by atoms with Crippen molar-refractivity contribution in [1.82, 2.24) is 9.97 Å². The first-order valence-corrected chi connectivity index (χ1v) is 3.19. The summed E-state index contributed by atoms with van der Waals surface area (Å²) in [6, 6.07) is 0. The Balaban J connectivity index is 3.27. The fourth-order valence-corrected chi connectivity index (χ4v) is 0.811. The standard InChI is InChI=1S/C6H8N4O2/c7-1-3-4(6(11)12)9-2-10-5(3)8/h2H,1,7H2,(H,11,12)(H2,8,9,10). The van der Waals surface area contributed by atoms with Crippen molar-refractivity contribution in [2.24, 2.45) is 5.73 Å². The third kappa shape index (κ3) is 1.32. The lowest BCUT2D eigenvalue weighted by Crippen LogP contribution is -2.13. The Kier molecular flexibility index (Phi) is 2.20. The van der Waals surface area contributed by atoms with E-state index in [-0.39, 0.29) is 23.6 Å². The molecule has 0 aliphatic heterocycles. The number of nitrogens with zero attached hydrogens (tertiary/aromatic N) is 2. The van der Waals surface area contributed by atoms with Crippen LogP contribution in [-0.2, 0) is 6.54 Å². The number of carboxylic acids is 1. The highest BCUT2D eigenvalue weighted by Gasteiger charge is 2.13. The number of nitrogens with two attached hydrogens (primary N) is 2. The number of aromatic nitrogens is 2. The topological polar surface area (TPSA) is 115 Å². The number of aromatic carboxylic acids is 1. The first-order chi connectivity index (χ1) is 5.66. The summed E-state index contributed by atoms with van der Waals surface area (Å²) in [5, 5.41) is 8.62. The van der Waals surface area contributed by atoms with E-state index in [0.717, 1.165) is 6.33 Å². The summed E-state index contributed by atoms with van der Waals surface area (Å²) >= 11 is 0. The predicted octanol–water partition coefficient (Wildman–Crippen LogP) is -0.784. The Morgan fingerprint density at radius 2 is 2.25 bits per heavy atom. The van der Waals surface area contributed by atoms with Gasteiger partial charge in [-0.3, -0.25) is 0 Å². The molecule has 0 aliphatic rings. The number of carboxylic acid groups (broad SMARTS) is 1. The predicted molar refractivity (Wildman–Crippen MR) is 41.3 cm³/mol. The summed E-state index contributed by atoms with van der Waals surface area (Å²) in [5.74, 6) is -1.03. The van der Waals surface area contributed by atoms with E-state index in [2.05, 4.69) is 9.97 Å². The number of carbonyl (C=O) groups is 1. The second-order valence-electron chi connectivity index (χ2n) is 2.10. The van der Waals surface area contributed by atoms with Crippen LogP contribution in [0.25, 0.3) is 0 Å². The van der Waals surface area contributed by atoms with Crippen LogP contribution in [0.15, 0.2) is 6.33 Å². The van der Waals surface area contributed by atoms with Crippen molar-refractivity contribution in [2.45, 2.75) is 6.54 Å². The van der Waals surface area contributed by atoms with E-state index in [1.807, 2.05) is 0 Å².